The average molecular weight is 230 g/mol. The zero-order valence-electron chi connectivity index (χ0n) is 8.96. The molecule has 0 bridgehead atoms. The average Bonchev–Trinajstić information content (AvgIpc) is 2.22. The van der Waals surface area contributed by atoms with Gasteiger partial charge in [-0.25, -0.2) is 8.78 Å². The van der Waals surface area contributed by atoms with E-state index in [0.717, 1.165) is 6.07 Å². The monoisotopic (exact) mass is 230 g/mol. The van der Waals surface area contributed by atoms with E-state index in [9.17, 15) is 13.6 Å². The molecule has 16 heavy (non-hydrogen) atoms. The molecule has 0 heterocycles. The number of aliphatic carboxylic acids is 1. The first-order valence-electron chi connectivity index (χ1n) is 4.67. The molecule has 5 heteroatoms. The van der Waals surface area contributed by atoms with Gasteiger partial charge in [0, 0.05) is 18.2 Å². The number of hydrogen-bond donors (Lipinski definition) is 1. The highest BCUT2D eigenvalue weighted by Crippen LogP contribution is 2.25. The fraction of sp³-hybridized carbons (Fsp3) is 0.364. The second-order valence-electron chi connectivity index (χ2n) is 3.43. The number of ether oxygens (including phenoxy) is 1. The maximum absolute atomic E-state index is 13.7. The lowest BCUT2D eigenvalue weighted by Crippen LogP contribution is -2.13. The number of rotatable bonds is 4. The maximum Gasteiger partial charge on any atom is 0.310 e. The summed E-state index contributed by atoms with van der Waals surface area (Å²) in [4.78, 5) is 10.7. The minimum absolute atomic E-state index is 0.0224. The molecular weight excluding hydrogens is 218 g/mol. The molecule has 0 spiro atoms. The lowest BCUT2D eigenvalue weighted by Gasteiger charge is -2.12. The molecule has 88 valence electrons. The topological polar surface area (TPSA) is 46.5 Å². The van der Waals surface area contributed by atoms with Gasteiger partial charge in [0.25, 0.3) is 0 Å². The molecule has 0 saturated carbocycles. The second kappa shape index (κ2) is 5.03. The largest absolute Gasteiger partial charge is 0.481 e. The van der Waals surface area contributed by atoms with Crippen molar-refractivity contribution >= 4 is 5.97 Å². The first-order valence-corrected chi connectivity index (χ1v) is 4.67. The summed E-state index contributed by atoms with van der Waals surface area (Å²) in [5.74, 6) is -4.20. The molecule has 1 aromatic carbocycles. The van der Waals surface area contributed by atoms with Crippen LogP contribution in [-0.4, -0.2) is 18.2 Å². The first-order chi connectivity index (χ1) is 7.49. The molecule has 0 amide bonds. The van der Waals surface area contributed by atoms with Crippen molar-refractivity contribution in [1.82, 2.24) is 0 Å². The van der Waals surface area contributed by atoms with Crippen LogP contribution < -0.4 is 0 Å². The normalized spacial score (nSPS) is 12.5. The molecule has 3 nitrogen and oxygen atoms in total. The smallest absolute Gasteiger partial charge is 0.310 e. The fourth-order valence-corrected chi connectivity index (χ4v) is 1.40. The van der Waals surface area contributed by atoms with Crippen LogP contribution in [0.25, 0.3) is 0 Å². The number of carboxylic acid groups (broad SMARTS) is 1. The minimum Gasteiger partial charge on any atom is -0.481 e. The SMILES string of the molecule is COCc1ccc(F)c(C(C)C(=O)O)c1F. The predicted octanol–water partition coefficient (Wildman–Crippen LogP) is 2.30. The molecule has 1 aromatic rings. The van der Waals surface area contributed by atoms with Gasteiger partial charge < -0.3 is 9.84 Å². The van der Waals surface area contributed by atoms with Gasteiger partial charge in [-0.2, -0.15) is 0 Å². The van der Waals surface area contributed by atoms with Crippen molar-refractivity contribution in [2.45, 2.75) is 19.4 Å². The molecule has 1 rings (SSSR count). The summed E-state index contributed by atoms with van der Waals surface area (Å²) >= 11 is 0. The molecular formula is C11H12F2O3. The van der Waals surface area contributed by atoms with Gasteiger partial charge in [0.2, 0.25) is 0 Å². The number of halogens is 2. The van der Waals surface area contributed by atoms with E-state index < -0.39 is 29.1 Å². The number of carbonyl (C=O) groups is 1. The van der Waals surface area contributed by atoms with Crippen LogP contribution in [0.4, 0.5) is 8.78 Å². The van der Waals surface area contributed by atoms with E-state index in [1.165, 1.54) is 20.1 Å². The Morgan fingerprint density at radius 1 is 1.50 bits per heavy atom. The van der Waals surface area contributed by atoms with E-state index in [-0.39, 0.29) is 12.2 Å². The van der Waals surface area contributed by atoms with Gasteiger partial charge in [0.1, 0.15) is 11.6 Å². The van der Waals surface area contributed by atoms with Gasteiger partial charge in [-0.15, -0.1) is 0 Å². The first kappa shape index (κ1) is 12.6. The lowest BCUT2D eigenvalue weighted by molar-refractivity contribution is -0.138. The molecule has 0 aliphatic heterocycles. The zero-order chi connectivity index (χ0) is 12.3. The van der Waals surface area contributed by atoms with E-state index in [0.29, 0.717) is 0 Å². The minimum atomic E-state index is -1.27. The van der Waals surface area contributed by atoms with Gasteiger partial charge in [0.15, 0.2) is 0 Å². The standard InChI is InChI=1S/C11H12F2O3/c1-6(11(14)15)9-8(12)4-3-7(5-16-2)10(9)13/h3-4,6H,5H2,1-2H3,(H,14,15). The van der Waals surface area contributed by atoms with Gasteiger partial charge >= 0.3 is 5.97 Å². The third kappa shape index (κ3) is 2.36. The summed E-state index contributed by atoms with van der Waals surface area (Å²) in [6, 6.07) is 2.29. The fourth-order valence-electron chi connectivity index (χ4n) is 1.40. The van der Waals surface area contributed by atoms with Gasteiger partial charge in [-0.1, -0.05) is 6.07 Å². The van der Waals surface area contributed by atoms with Gasteiger partial charge in [-0.3, -0.25) is 4.79 Å². The van der Waals surface area contributed by atoms with Crippen molar-refractivity contribution in [2.75, 3.05) is 7.11 Å². The molecule has 1 N–H and O–H groups in total. The molecule has 0 radical (unpaired) electrons. The molecule has 0 saturated heterocycles. The van der Waals surface area contributed by atoms with E-state index in [4.69, 9.17) is 9.84 Å². The van der Waals surface area contributed by atoms with Crippen LogP contribution in [0.5, 0.6) is 0 Å². The third-order valence-electron chi connectivity index (χ3n) is 2.31. The van der Waals surface area contributed by atoms with Crippen LogP contribution in [0.1, 0.15) is 24.0 Å². The summed E-state index contributed by atoms with van der Waals surface area (Å²) in [7, 11) is 1.38. The van der Waals surface area contributed by atoms with Crippen LogP contribution in [0.2, 0.25) is 0 Å². The van der Waals surface area contributed by atoms with Crippen LogP contribution in [0.3, 0.4) is 0 Å². The van der Waals surface area contributed by atoms with E-state index in [1.54, 1.807) is 0 Å². The molecule has 0 aliphatic carbocycles. The van der Waals surface area contributed by atoms with E-state index in [1.807, 2.05) is 0 Å². The molecule has 1 atom stereocenters. The van der Waals surface area contributed by atoms with Crippen LogP contribution >= 0.6 is 0 Å². The van der Waals surface area contributed by atoms with Crippen molar-refractivity contribution in [3.8, 4) is 0 Å². The Morgan fingerprint density at radius 3 is 2.62 bits per heavy atom. The van der Waals surface area contributed by atoms with Crippen molar-refractivity contribution in [3.05, 3.63) is 34.9 Å². The third-order valence-corrected chi connectivity index (χ3v) is 2.31. The highest BCUT2D eigenvalue weighted by Gasteiger charge is 2.23. The summed E-state index contributed by atoms with van der Waals surface area (Å²) in [6.45, 7) is 1.21. The number of hydrogen-bond acceptors (Lipinski definition) is 2. The molecule has 0 fully saturated rings. The summed E-state index contributed by atoms with van der Waals surface area (Å²) < 4.78 is 31.8. The summed E-state index contributed by atoms with van der Waals surface area (Å²) in [5.41, 5.74) is -0.283. The van der Waals surface area contributed by atoms with Crippen molar-refractivity contribution < 1.29 is 23.4 Å². The van der Waals surface area contributed by atoms with Crippen molar-refractivity contribution in [1.29, 1.82) is 0 Å². The Hall–Kier alpha value is -1.49. The van der Waals surface area contributed by atoms with Crippen LogP contribution in [0.15, 0.2) is 12.1 Å². The Bertz CT molecular complexity index is 404. The highest BCUT2D eigenvalue weighted by molar-refractivity contribution is 5.75. The Morgan fingerprint density at radius 2 is 2.12 bits per heavy atom. The Labute approximate surface area is 91.7 Å². The number of benzene rings is 1. The van der Waals surface area contributed by atoms with Gasteiger partial charge in [-0.05, 0) is 13.0 Å². The molecule has 0 aromatic heterocycles. The van der Waals surface area contributed by atoms with Crippen LogP contribution in [0, 0.1) is 11.6 Å². The zero-order valence-corrected chi connectivity index (χ0v) is 8.96. The van der Waals surface area contributed by atoms with Crippen LogP contribution in [-0.2, 0) is 16.1 Å². The molecule has 0 aliphatic rings. The maximum atomic E-state index is 13.7. The van der Waals surface area contributed by atoms with Crippen molar-refractivity contribution in [2.24, 2.45) is 0 Å². The second-order valence-corrected chi connectivity index (χ2v) is 3.43. The lowest BCUT2D eigenvalue weighted by atomic mass is 9.97. The van der Waals surface area contributed by atoms with Crippen molar-refractivity contribution in [3.63, 3.8) is 0 Å². The van der Waals surface area contributed by atoms with E-state index in [2.05, 4.69) is 0 Å². The Balaban J connectivity index is 3.25. The predicted molar refractivity (Wildman–Crippen MR) is 53.1 cm³/mol. The van der Waals surface area contributed by atoms with E-state index >= 15 is 0 Å². The number of methoxy groups -OCH3 is 1. The highest BCUT2D eigenvalue weighted by atomic mass is 19.1. The van der Waals surface area contributed by atoms with Gasteiger partial charge in [0.05, 0.1) is 12.5 Å². The quantitative estimate of drug-likeness (QED) is 0.863. The summed E-state index contributed by atoms with van der Waals surface area (Å²) in [6.07, 6.45) is 0. The molecule has 1 unspecified atom stereocenters. The summed E-state index contributed by atoms with van der Waals surface area (Å²) in [5, 5.41) is 8.74. The number of carboxylic acids is 1. The Kier molecular flexibility index (Phi) is 3.95.